The van der Waals surface area contributed by atoms with Crippen LogP contribution in [0.2, 0.25) is 0 Å². The van der Waals surface area contributed by atoms with E-state index in [1.807, 2.05) is 37.3 Å². The van der Waals surface area contributed by atoms with E-state index in [1.54, 1.807) is 0 Å². The summed E-state index contributed by atoms with van der Waals surface area (Å²) in [6.45, 7) is 1.87. The zero-order valence-corrected chi connectivity index (χ0v) is 10.4. The molecule has 1 heterocycles. The van der Waals surface area contributed by atoms with E-state index in [9.17, 15) is 9.18 Å². The number of halogens is 1. The SMILES string of the molecule is CC(NC(=O)Nc1cncc(F)c1)c1ccccc1. The molecule has 2 rings (SSSR count). The molecular weight excluding hydrogens is 245 g/mol. The number of benzene rings is 1. The van der Waals surface area contributed by atoms with Crippen LogP contribution >= 0.6 is 0 Å². The van der Waals surface area contributed by atoms with Gasteiger partial charge in [-0.15, -0.1) is 0 Å². The summed E-state index contributed by atoms with van der Waals surface area (Å²) in [5.41, 5.74) is 1.31. The van der Waals surface area contributed by atoms with E-state index in [0.29, 0.717) is 5.69 Å². The van der Waals surface area contributed by atoms with E-state index in [2.05, 4.69) is 15.6 Å². The molecule has 0 spiro atoms. The largest absolute Gasteiger partial charge is 0.331 e. The molecule has 19 heavy (non-hydrogen) atoms. The molecule has 98 valence electrons. The third-order valence-corrected chi connectivity index (χ3v) is 2.61. The fourth-order valence-electron chi connectivity index (χ4n) is 1.67. The highest BCUT2D eigenvalue weighted by atomic mass is 19.1. The number of hydrogen-bond donors (Lipinski definition) is 2. The Kier molecular flexibility index (Phi) is 4.07. The molecule has 5 heteroatoms. The summed E-state index contributed by atoms with van der Waals surface area (Å²) in [7, 11) is 0. The van der Waals surface area contributed by atoms with Gasteiger partial charge in [0.15, 0.2) is 0 Å². The molecule has 0 aliphatic rings. The zero-order chi connectivity index (χ0) is 13.7. The molecule has 0 radical (unpaired) electrons. The average Bonchev–Trinajstić information content (AvgIpc) is 2.39. The number of hydrogen-bond acceptors (Lipinski definition) is 2. The predicted molar refractivity (Wildman–Crippen MR) is 71.2 cm³/mol. The normalized spacial score (nSPS) is 11.7. The van der Waals surface area contributed by atoms with Gasteiger partial charge < -0.3 is 10.6 Å². The molecule has 2 amide bonds. The number of nitrogens with zero attached hydrogens (tertiary/aromatic N) is 1. The van der Waals surface area contributed by atoms with Crippen LogP contribution in [-0.2, 0) is 0 Å². The monoisotopic (exact) mass is 259 g/mol. The maximum absolute atomic E-state index is 12.9. The molecule has 0 fully saturated rings. The molecule has 0 bridgehead atoms. The summed E-state index contributed by atoms with van der Waals surface area (Å²) >= 11 is 0. The van der Waals surface area contributed by atoms with Crippen molar-refractivity contribution in [3.05, 3.63) is 60.2 Å². The first kappa shape index (κ1) is 13.0. The first-order valence-corrected chi connectivity index (χ1v) is 5.88. The van der Waals surface area contributed by atoms with Crippen LogP contribution < -0.4 is 10.6 Å². The van der Waals surface area contributed by atoms with E-state index in [4.69, 9.17) is 0 Å². The minimum absolute atomic E-state index is 0.136. The van der Waals surface area contributed by atoms with Crippen molar-refractivity contribution in [2.24, 2.45) is 0 Å². The van der Waals surface area contributed by atoms with Gasteiger partial charge in [0.05, 0.1) is 24.1 Å². The van der Waals surface area contributed by atoms with E-state index < -0.39 is 11.8 Å². The van der Waals surface area contributed by atoms with Crippen LogP contribution in [0.15, 0.2) is 48.8 Å². The third-order valence-electron chi connectivity index (χ3n) is 2.61. The van der Waals surface area contributed by atoms with Crippen LogP contribution in [0.25, 0.3) is 0 Å². The number of pyridine rings is 1. The number of carbonyl (C=O) groups excluding carboxylic acids is 1. The second kappa shape index (κ2) is 5.95. The third kappa shape index (κ3) is 3.77. The Morgan fingerprint density at radius 2 is 2.00 bits per heavy atom. The fourth-order valence-corrected chi connectivity index (χ4v) is 1.67. The summed E-state index contributed by atoms with van der Waals surface area (Å²) in [6.07, 6.45) is 2.46. The van der Waals surface area contributed by atoms with Gasteiger partial charge in [0.25, 0.3) is 0 Å². The van der Waals surface area contributed by atoms with Gasteiger partial charge in [-0.3, -0.25) is 4.98 Å². The standard InChI is InChI=1S/C14H14FN3O/c1-10(11-5-3-2-4-6-11)17-14(19)18-13-7-12(15)8-16-9-13/h2-10H,1H3,(H2,17,18,19). The highest BCUT2D eigenvalue weighted by Gasteiger charge is 2.09. The van der Waals surface area contributed by atoms with Gasteiger partial charge in [0.2, 0.25) is 0 Å². The van der Waals surface area contributed by atoms with E-state index in [-0.39, 0.29) is 6.04 Å². The van der Waals surface area contributed by atoms with Crippen molar-refractivity contribution in [3.8, 4) is 0 Å². The van der Waals surface area contributed by atoms with Crippen LogP contribution in [0.3, 0.4) is 0 Å². The van der Waals surface area contributed by atoms with Crippen LogP contribution in [0.1, 0.15) is 18.5 Å². The van der Waals surface area contributed by atoms with Gasteiger partial charge >= 0.3 is 6.03 Å². The lowest BCUT2D eigenvalue weighted by molar-refractivity contribution is 0.249. The maximum Gasteiger partial charge on any atom is 0.319 e. The quantitative estimate of drug-likeness (QED) is 0.889. The highest BCUT2D eigenvalue weighted by molar-refractivity contribution is 5.89. The maximum atomic E-state index is 12.9. The Morgan fingerprint density at radius 1 is 1.26 bits per heavy atom. The molecule has 0 aliphatic carbocycles. The lowest BCUT2D eigenvalue weighted by atomic mass is 10.1. The van der Waals surface area contributed by atoms with Gasteiger partial charge in [0.1, 0.15) is 5.82 Å². The van der Waals surface area contributed by atoms with Crippen LogP contribution in [0.5, 0.6) is 0 Å². The lowest BCUT2D eigenvalue weighted by Crippen LogP contribution is -2.31. The van der Waals surface area contributed by atoms with Gasteiger partial charge in [-0.25, -0.2) is 9.18 Å². The smallest absolute Gasteiger partial charge is 0.319 e. The first-order chi connectivity index (χ1) is 9.15. The van der Waals surface area contributed by atoms with Gasteiger partial charge in [0, 0.05) is 6.07 Å². The minimum atomic E-state index is -0.492. The number of anilines is 1. The van der Waals surface area contributed by atoms with Crippen molar-refractivity contribution in [1.82, 2.24) is 10.3 Å². The lowest BCUT2D eigenvalue weighted by Gasteiger charge is -2.14. The van der Waals surface area contributed by atoms with Crippen molar-refractivity contribution in [2.45, 2.75) is 13.0 Å². The van der Waals surface area contributed by atoms with Crippen LogP contribution in [-0.4, -0.2) is 11.0 Å². The minimum Gasteiger partial charge on any atom is -0.331 e. The summed E-state index contributed by atoms with van der Waals surface area (Å²) in [5.74, 6) is -0.492. The number of rotatable bonds is 3. The molecule has 0 aliphatic heterocycles. The Balaban J connectivity index is 1.95. The van der Waals surface area contributed by atoms with E-state index >= 15 is 0 Å². The Labute approximate surface area is 110 Å². The molecule has 0 saturated heterocycles. The number of amides is 2. The molecule has 1 atom stereocenters. The topological polar surface area (TPSA) is 54.0 Å². The molecule has 0 saturated carbocycles. The van der Waals surface area contributed by atoms with E-state index in [0.717, 1.165) is 11.8 Å². The average molecular weight is 259 g/mol. The first-order valence-electron chi connectivity index (χ1n) is 5.88. The van der Waals surface area contributed by atoms with Crippen molar-refractivity contribution in [3.63, 3.8) is 0 Å². The van der Waals surface area contributed by atoms with Crippen molar-refractivity contribution >= 4 is 11.7 Å². The molecular formula is C14H14FN3O. The second-order valence-electron chi connectivity index (χ2n) is 4.12. The van der Waals surface area contributed by atoms with Gasteiger partial charge in [-0.1, -0.05) is 30.3 Å². The summed E-state index contributed by atoms with van der Waals surface area (Å²) in [6, 6.07) is 10.2. The molecule has 1 aromatic carbocycles. The molecule has 2 aromatic rings. The fraction of sp³-hybridized carbons (Fsp3) is 0.143. The van der Waals surface area contributed by atoms with Crippen LogP contribution in [0, 0.1) is 5.82 Å². The van der Waals surface area contributed by atoms with Gasteiger partial charge in [-0.05, 0) is 12.5 Å². The molecule has 2 N–H and O–H groups in total. The number of nitrogens with one attached hydrogen (secondary N) is 2. The number of urea groups is 1. The summed E-state index contributed by atoms with van der Waals surface area (Å²) in [5, 5.41) is 5.29. The van der Waals surface area contributed by atoms with E-state index in [1.165, 1.54) is 12.3 Å². The highest BCUT2D eigenvalue weighted by Crippen LogP contribution is 2.12. The predicted octanol–water partition coefficient (Wildman–Crippen LogP) is 3.10. The van der Waals surface area contributed by atoms with Gasteiger partial charge in [-0.2, -0.15) is 0 Å². The van der Waals surface area contributed by atoms with Crippen molar-refractivity contribution in [1.29, 1.82) is 0 Å². The second-order valence-corrected chi connectivity index (χ2v) is 4.12. The Hall–Kier alpha value is -2.43. The number of carbonyl (C=O) groups is 1. The van der Waals surface area contributed by atoms with Crippen molar-refractivity contribution < 1.29 is 9.18 Å². The number of aromatic nitrogens is 1. The Morgan fingerprint density at radius 3 is 2.68 bits per heavy atom. The zero-order valence-electron chi connectivity index (χ0n) is 10.4. The summed E-state index contributed by atoms with van der Waals surface area (Å²) in [4.78, 5) is 15.4. The molecule has 1 aromatic heterocycles. The Bertz CT molecular complexity index is 560. The summed E-state index contributed by atoms with van der Waals surface area (Å²) < 4.78 is 12.9. The molecule has 1 unspecified atom stereocenters. The van der Waals surface area contributed by atoms with Crippen molar-refractivity contribution in [2.75, 3.05) is 5.32 Å². The molecule has 4 nitrogen and oxygen atoms in total. The van der Waals surface area contributed by atoms with Crippen LogP contribution in [0.4, 0.5) is 14.9 Å².